The van der Waals surface area contributed by atoms with Gasteiger partial charge >= 0.3 is 6.18 Å². The molecule has 6 heteroatoms. The van der Waals surface area contributed by atoms with Crippen molar-refractivity contribution >= 4 is 22.5 Å². The van der Waals surface area contributed by atoms with Crippen LogP contribution < -0.4 is 0 Å². The van der Waals surface area contributed by atoms with Gasteiger partial charge in [0.25, 0.3) is 0 Å². The Balaban J connectivity index is 1.96. The minimum absolute atomic E-state index is 0.0466. The van der Waals surface area contributed by atoms with Crippen LogP contribution in [0.25, 0.3) is 22.2 Å². The number of aromatic nitrogens is 2. The molecule has 0 spiro atoms. The van der Waals surface area contributed by atoms with Gasteiger partial charge in [0, 0.05) is 16.0 Å². The largest absolute Gasteiger partial charge is 0.418 e. The molecule has 0 saturated heterocycles. The number of rotatable bonds is 3. The summed E-state index contributed by atoms with van der Waals surface area (Å²) in [6.07, 6.45) is -4.48. The van der Waals surface area contributed by atoms with Gasteiger partial charge in [0.05, 0.1) is 17.8 Å². The molecular weight excluding hydrogens is 397 g/mol. The summed E-state index contributed by atoms with van der Waals surface area (Å²) in [4.78, 5) is 0. The van der Waals surface area contributed by atoms with Crippen LogP contribution in [-0.2, 0) is 12.7 Å². The summed E-state index contributed by atoms with van der Waals surface area (Å²) in [6, 6.07) is 17.3. The Morgan fingerprint density at radius 3 is 2.34 bits per heavy atom. The van der Waals surface area contributed by atoms with Crippen molar-refractivity contribution < 1.29 is 13.2 Å². The summed E-state index contributed by atoms with van der Waals surface area (Å²) in [5, 5.41) is 5.43. The third-order valence-corrected chi connectivity index (χ3v) is 5.26. The lowest BCUT2D eigenvalue weighted by Gasteiger charge is -2.11. The van der Waals surface area contributed by atoms with E-state index < -0.39 is 11.7 Å². The van der Waals surface area contributed by atoms with Crippen molar-refractivity contribution in [2.24, 2.45) is 0 Å². The Bertz CT molecular complexity index is 1190. The fourth-order valence-electron chi connectivity index (χ4n) is 3.59. The van der Waals surface area contributed by atoms with E-state index >= 15 is 0 Å². The van der Waals surface area contributed by atoms with Crippen molar-refractivity contribution in [3.63, 3.8) is 0 Å². The van der Waals surface area contributed by atoms with Crippen molar-refractivity contribution in [3.8, 4) is 11.3 Å². The Labute approximate surface area is 171 Å². The summed E-state index contributed by atoms with van der Waals surface area (Å²) in [6.45, 7) is 4.37. The third-order valence-electron chi connectivity index (χ3n) is 5.01. The summed E-state index contributed by atoms with van der Waals surface area (Å²) in [5.41, 5.74) is 3.84. The molecule has 4 aromatic rings. The van der Waals surface area contributed by atoms with Crippen LogP contribution in [-0.4, -0.2) is 9.78 Å². The molecule has 0 aliphatic heterocycles. The van der Waals surface area contributed by atoms with Crippen LogP contribution in [0.15, 0.2) is 60.7 Å². The molecule has 0 unspecified atom stereocenters. The average molecular weight is 415 g/mol. The minimum atomic E-state index is -4.48. The lowest BCUT2D eigenvalue weighted by atomic mass is 10.0. The van der Waals surface area contributed by atoms with Gasteiger partial charge in [-0.05, 0) is 43.2 Å². The second-order valence-electron chi connectivity index (χ2n) is 7.14. The standard InChI is InChI=1S/C23H18ClF3N2/c1-14-6-7-17(15(2)12-14)13-29-22(16-8-10-18(24)11-9-16)19-4-3-5-20(21(19)28-29)23(25,26)27/h3-12H,13H2,1-2H3. The number of alkyl halides is 3. The van der Waals surface area contributed by atoms with Crippen LogP contribution in [0, 0.1) is 13.8 Å². The van der Waals surface area contributed by atoms with E-state index in [-0.39, 0.29) is 5.52 Å². The van der Waals surface area contributed by atoms with E-state index in [1.807, 2.05) is 26.0 Å². The molecule has 0 aliphatic carbocycles. The lowest BCUT2D eigenvalue weighted by Crippen LogP contribution is -2.07. The maximum Gasteiger partial charge on any atom is 0.418 e. The highest BCUT2D eigenvalue weighted by Gasteiger charge is 2.34. The molecule has 29 heavy (non-hydrogen) atoms. The average Bonchev–Trinajstić information content (AvgIpc) is 3.02. The normalized spacial score (nSPS) is 11.9. The van der Waals surface area contributed by atoms with Crippen molar-refractivity contribution in [1.29, 1.82) is 0 Å². The zero-order valence-corrected chi connectivity index (χ0v) is 16.6. The van der Waals surface area contributed by atoms with Crippen LogP contribution in [0.5, 0.6) is 0 Å². The fourth-order valence-corrected chi connectivity index (χ4v) is 3.72. The Kier molecular flexibility index (Phi) is 4.87. The van der Waals surface area contributed by atoms with Crippen molar-refractivity contribution in [3.05, 3.63) is 87.9 Å². The molecule has 2 nitrogen and oxygen atoms in total. The van der Waals surface area contributed by atoms with Crippen molar-refractivity contribution in [2.45, 2.75) is 26.6 Å². The molecule has 0 radical (unpaired) electrons. The molecule has 0 amide bonds. The number of benzene rings is 3. The Morgan fingerprint density at radius 2 is 1.69 bits per heavy atom. The van der Waals surface area contributed by atoms with Gasteiger partial charge < -0.3 is 0 Å². The van der Waals surface area contributed by atoms with Gasteiger partial charge in [0.2, 0.25) is 0 Å². The Hall–Kier alpha value is -2.79. The second-order valence-corrected chi connectivity index (χ2v) is 7.58. The van der Waals surface area contributed by atoms with E-state index in [2.05, 4.69) is 11.2 Å². The number of hydrogen-bond acceptors (Lipinski definition) is 1. The maximum absolute atomic E-state index is 13.6. The van der Waals surface area contributed by atoms with Crippen LogP contribution >= 0.6 is 11.6 Å². The molecule has 0 atom stereocenters. The second kappa shape index (κ2) is 7.23. The van der Waals surface area contributed by atoms with E-state index in [4.69, 9.17) is 11.6 Å². The zero-order chi connectivity index (χ0) is 20.8. The zero-order valence-electron chi connectivity index (χ0n) is 15.9. The van der Waals surface area contributed by atoms with Gasteiger partial charge in [-0.25, -0.2) is 0 Å². The molecule has 3 aromatic carbocycles. The smallest absolute Gasteiger partial charge is 0.259 e. The number of fused-ring (bicyclic) bond motifs is 1. The molecule has 0 N–H and O–H groups in total. The molecule has 1 aromatic heterocycles. The first-order chi connectivity index (χ1) is 13.7. The molecular formula is C23H18ClF3N2. The quantitative estimate of drug-likeness (QED) is 0.351. The molecule has 148 valence electrons. The number of aryl methyl sites for hydroxylation is 2. The molecule has 4 rings (SSSR count). The highest BCUT2D eigenvalue weighted by molar-refractivity contribution is 6.30. The molecule has 0 saturated carbocycles. The predicted octanol–water partition coefficient (Wildman–Crippen LogP) is 7.04. The van der Waals surface area contributed by atoms with Crippen LogP contribution in [0.3, 0.4) is 0 Å². The molecule has 0 fully saturated rings. The van der Waals surface area contributed by atoms with Gasteiger partial charge in [-0.1, -0.05) is 59.6 Å². The topological polar surface area (TPSA) is 17.8 Å². The lowest BCUT2D eigenvalue weighted by molar-refractivity contribution is -0.136. The van der Waals surface area contributed by atoms with Gasteiger partial charge in [0.15, 0.2) is 0 Å². The monoisotopic (exact) mass is 414 g/mol. The van der Waals surface area contributed by atoms with E-state index in [1.54, 1.807) is 35.0 Å². The van der Waals surface area contributed by atoms with Gasteiger partial charge in [-0.3, -0.25) is 4.68 Å². The summed E-state index contributed by atoms with van der Waals surface area (Å²) in [7, 11) is 0. The molecule has 0 bridgehead atoms. The van der Waals surface area contributed by atoms with Crippen molar-refractivity contribution in [1.82, 2.24) is 9.78 Å². The first-order valence-electron chi connectivity index (χ1n) is 9.13. The highest BCUT2D eigenvalue weighted by atomic mass is 35.5. The third kappa shape index (κ3) is 3.75. The number of halogens is 4. The molecule has 0 aliphatic rings. The maximum atomic E-state index is 13.6. The molecule has 1 heterocycles. The highest BCUT2D eigenvalue weighted by Crippen LogP contribution is 2.38. The predicted molar refractivity (Wildman–Crippen MR) is 110 cm³/mol. The van der Waals surface area contributed by atoms with E-state index in [9.17, 15) is 13.2 Å². The van der Waals surface area contributed by atoms with Crippen LogP contribution in [0.1, 0.15) is 22.3 Å². The van der Waals surface area contributed by atoms with Gasteiger partial charge in [-0.15, -0.1) is 0 Å². The van der Waals surface area contributed by atoms with E-state index in [1.165, 1.54) is 6.07 Å². The van der Waals surface area contributed by atoms with Crippen molar-refractivity contribution in [2.75, 3.05) is 0 Å². The Morgan fingerprint density at radius 1 is 0.966 bits per heavy atom. The number of hydrogen-bond donors (Lipinski definition) is 0. The van der Waals surface area contributed by atoms with E-state index in [0.29, 0.717) is 22.6 Å². The summed E-state index contributed by atoms with van der Waals surface area (Å²) in [5.74, 6) is 0. The first kappa shape index (κ1) is 19.5. The van der Waals surface area contributed by atoms with Crippen LogP contribution in [0.4, 0.5) is 13.2 Å². The summed E-state index contributed by atoms with van der Waals surface area (Å²) >= 11 is 6.01. The van der Waals surface area contributed by atoms with Crippen LogP contribution in [0.2, 0.25) is 5.02 Å². The van der Waals surface area contributed by atoms with E-state index in [0.717, 1.165) is 28.3 Å². The first-order valence-corrected chi connectivity index (χ1v) is 9.50. The number of nitrogens with zero attached hydrogens (tertiary/aromatic N) is 2. The van der Waals surface area contributed by atoms with Gasteiger partial charge in [-0.2, -0.15) is 18.3 Å². The SMILES string of the molecule is Cc1ccc(Cn2nc3c(C(F)(F)F)cccc3c2-c2ccc(Cl)cc2)c(C)c1. The summed E-state index contributed by atoms with van der Waals surface area (Å²) < 4.78 is 42.4. The minimum Gasteiger partial charge on any atom is -0.259 e. The van der Waals surface area contributed by atoms with Gasteiger partial charge in [0.1, 0.15) is 5.52 Å². The fraction of sp³-hybridized carbons (Fsp3) is 0.174.